The highest BCUT2D eigenvalue weighted by molar-refractivity contribution is 6.54. The first-order chi connectivity index (χ1) is 7.66. The number of carbonyl (C=O) groups is 1. The summed E-state index contributed by atoms with van der Waals surface area (Å²) in [5, 5.41) is 4.81. The lowest BCUT2D eigenvalue weighted by Gasteiger charge is -2.06. The Morgan fingerprint density at radius 2 is 1.75 bits per heavy atom. The molecule has 2 rings (SSSR count). The summed E-state index contributed by atoms with van der Waals surface area (Å²) in [6.45, 7) is 0. The van der Waals surface area contributed by atoms with E-state index in [9.17, 15) is 4.79 Å². The van der Waals surface area contributed by atoms with Crippen molar-refractivity contribution in [1.29, 1.82) is 0 Å². The molecule has 0 saturated heterocycles. The first-order valence-corrected chi connectivity index (χ1v) is 5.62. The predicted molar refractivity (Wildman–Crippen MR) is 68.1 cm³/mol. The molecule has 0 aliphatic rings. The summed E-state index contributed by atoms with van der Waals surface area (Å²) in [7, 11) is 0. The van der Waals surface area contributed by atoms with Crippen LogP contribution in [0.5, 0.6) is 0 Å². The van der Waals surface area contributed by atoms with Crippen molar-refractivity contribution in [2.75, 3.05) is 5.32 Å². The van der Waals surface area contributed by atoms with Crippen molar-refractivity contribution in [3.63, 3.8) is 0 Å². The predicted octanol–water partition coefficient (Wildman–Crippen LogP) is 3.58. The summed E-state index contributed by atoms with van der Waals surface area (Å²) < 4.78 is 0. The van der Waals surface area contributed by atoms with Crippen LogP contribution in [0.15, 0.2) is 42.5 Å². The molecule has 16 heavy (non-hydrogen) atoms. The molecule has 0 fully saturated rings. The van der Waals surface area contributed by atoms with E-state index in [1.807, 2.05) is 42.5 Å². The van der Waals surface area contributed by atoms with Gasteiger partial charge < -0.3 is 5.32 Å². The number of hydrogen-bond donors (Lipinski definition) is 1. The standard InChI is InChI=1S/C12H9Cl2NO/c13-11(14)12(16)15-10-6-5-8-3-1-2-4-9(8)7-10/h1-7,11H,(H,15,16). The SMILES string of the molecule is O=C(Nc1ccc2ccccc2c1)C(Cl)Cl. The molecule has 2 aromatic carbocycles. The molecule has 0 atom stereocenters. The second kappa shape index (κ2) is 4.73. The number of nitrogens with one attached hydrogen (secondary N) is 1. The molecule has 0 spiro atoms. The van der Waals surface area contributed by atoms with Gasteiger partial charge in [0.25, 0.3) is 5.91 Å². The Kier molecular flexibility index (Phi) is 3.32. The quantitative estimate of drug-likeness (QED) is 0.815. The van der Waals surface area contributed by atoms with Gasteiger partial charge in [0.1, 0.15) is 0 Å². The summed E-state index contributed by atoms with van der Waals surface area (Å²) >= 11 is 10.9. The maximum atomic E-state index is 11.3. The number of anilines is 1. The number of carbonyl (C=O) groups excluding carboxylic acids is 1. The van der Waals surface area contributed by atoms with Crippen LogP contribution in [0.25, 0.3) is 10.8 Å². The Balaban J connectivity index is 2.29. The third-order valence-electron chi connectivity index (χ3n) is 2.22. The average Bonchev–Trinajstić information content (AvgIpc) is 2.28. The van der Waals surface area contributed by atoms with Crippen molar-refractivity contribution in [3.8, 4) is 0 Å². The lowest BCUT2D eigenvalue weighted by Crippen LogP contribution is -2.18. The highest BCUT2D eigenvalue weighted by atomic mass is 35.5. The van der Waals surface area contributed by atoms with Gasteiger partial charge in [0.15, 0.2) is 4.84 Å². The molecule has 0 aliphatic carbocycles. The molecule has 2 nitrogen and oxygen atoms in total. The van der Waals surface area contributed by atoms with Crippen molar-refractivity contribution >= 4 is 45.6 Å². The molecule has 1 amide bonds. The minimum Gasteiger partial charge on any atom is -0.324 e. The van der Waals surface area contributed by atoms with E-state index in [1.54, 1.807) is 0 Å². The Morgan fingerprint density at radius 3 is 2.44 bits per heavy atom. The van der Waals surface area contributed by atoms with Crippen molar-refractivity contribution in [2.45, 2.75) is 4.84 Å². The van der Waals surface area contributed by atoms with Gasteiger partial charge in [0.05, 0.1) is 0 Å². The van der Waals surface area contributed by atoms with Crippen molar-refractivity contribution in [2.24, 2.45) is 0 Å². The molecule has 82 valence electrons. The zero-order valence-electron chi connectivity index (χ0n) is 8.28. The second-order valence-electron chi connectivity index (χ2n) is 3.35. The topological polar surface area (TPSA) is 29.1 Å². The van der Waals surface area contributed by atoms with Gasteiger partial charge in [-0.3, -0.25) is 4.79 Å². The van der Waals surface area contributed by atoms with Gasteiger partial charge >= 0.3 is 0 Å². The molecule has 0 radical (unpaired) electrons. The third kappa shape index (κ3) is 2.46. The van der Waals surface area contributed by atoms with E-state index in [1.165, 1.54) is 0 Å². The summed E-state index contributed by atoms with van der Waals surface area (Å²) in [6.07, 6.45) is 0. The van der Waals surface area contributed by atoms with E-state index in [-0.39, 0.29) is 0 Å². The molecule has 0 unspecified atom stereocenters. The minimum absolute atomic E-state index is 0.418. The number of rotatable bonds is 2. The highest BCUT2D eigenvalue weighted by Crippen LogP contribution is 2.19. The molecule has 0 bridgehead atoms. The van der Waals surface area contributed by atoms with Gasteiger partial charge in [-0.05, 0) is 22.9 Å². The highest BCUT2D eigenvalue weighted by Gasteiger charge is 2.11. The normalized spacial score (nSPS) is 10.7. The number of amides is 1. The number of benzene rings is 2. The van der Waals surface area contributed by atoms with Crippen molar-refractivity contribution in [1.82, 2.24) is 0 Å². The Hall–Kier alpha value is -1.25. The van der Waals surface area contributed by atoms with E-state index in [0.717, 1.165) is 10.8 Å². The monoisotopic (exact) mass is 253 g/mol. The Labute approximate surface area is 103 Å². The van der Waals surface area contributed by atoms with Crippen LogP contribution in [0.1, 0.15) is 0 Å². The van der Waals surface area contributed by atoms with Gasteiger partial charge in [-0.2, -0.15) is 0 Å². The van der Waals surface area contributed by atoms with Crippen LogP contribution in [0.3, 0.4) is 0 Å². The fraction of sp³-hybridized carbons (Fsp3) is 0.0833. The van der Waals surface area contributed by atoms with E-state index in [2.05, 4.69) is 5.32 Å². The van der Waals surface area contributed by atoms with Crippen LogP contribution in [0.4, 0.5) is 5.69 Å². The van der Waals surface area contributed by atoms with Crippen molar-refractivity contribution in [3.05, 3.63) is 42.5 Å². The Morgan fingerprint density at radius 1 is 1.06 bits per heavy atom. The van der Waals surface area contributed by atoms with Crippen molar-refractivity contribution < 1.29 is 4.79 Å². The van der Waals surface area contributed by atoms with E-state index in [0.29, 0.717) is 5.69 Å². The molecule has 2 aromatic rings. The van der Waals surface area contributed by atoms with Gasteiger partial charge in [0.2, 0.25) is 0 Å². The smallest absolute Gasteiger partial charge is 0.257 e. The lowest BCUT2D eigenvalue weighted by molar-refractivity contribution is -0.114. The zero-order chi connectivity index (χ0) is 11.5. The van der Waals surface area contributed by atoms with Crippen LogP contribution >= 0.6 is 23.2 Å². The second-order valence-corrected chi connectivity index (χ2v) is 4.45. The van der Waals surface area contributed by atoms with Crippen LogP contribution in [-0.2, 0) is 4.79 Å². The van der Waals surface area contributed by atoms with Crippen LogP contribution < -0.4 is 5.32 Å². The largest absolute Gasteiger partial charge is 0.324 e. The van der Waals surface area contributed by atoms with Gasteiger partial charge in [-0.25, -0.2) is 0 Å². The molecule has 4 heteroatoms. The molecule has 0 aromatic heterocycles. The number of halogens is 2. The maximum Gasteiger partial charge on any atom is 0.257 e. The summed E-state index contributed by atoms with van der Waals surface area (Å²) in [5.74, 6) is -0.418. The van der Waals surface area contributed by atoms with Gasteiger partial charge in [-0.1, -0.05) is 53.5 Å². The molecule has 1 N–H and O–H groups in total. The van der Waals surface area contributed by atoms with E-state index < -0.39 is 10.7 Å². The molecule has 0 aliphatic heterocycles. The van der Waals surface area contributed by atoms with Crippen LogP contribution in [-0.4, -0.2) is 10.7 Å². The zero-order valence-corrected chi connectivity index (χ0v) is 9.79. The molecular weight excluding hydrogens is 245 g/mol. The Bertz CT molecular complexity index is 525. The molecule has 0 saturated carbocycles. The van der Waals surface area contributed by atoms with Gasteiger partial charge in [-0.15, -0.1) is 0 Å². The number of alkyl halides is 2. The van der Waals surface area contributed by atoms with E-state index >= 15 is 0 Å². The van der Waals surface area contributed by atoms with E-state index in [4.69, 9.17) is 23.2 Å². The minimum atomic E-state index is -1.05. The fourth-order valence-electron chi connectivity index (χ4n) is 1.46. The lowest BCUT2D eigenvalue weighted by atomic mass is 10.1. The molecular formula is C12H9Cl2NO. The van der Waals surface area contributed by atoms with Crippen LogP contribution in [0, 0.1) is 0 Å². The van der Waals surface area contributed by atoms with Crippen LogP contribution in [0.2, 0.25) is 0 Å². The summed E-state index contributed by atoms with van der Waals surface area (Å²) in [6, 6.07) is 13.5. The number of hydrogen-bond acceptors (Lipinski definition) is 1. The summed E-state index contributed by atoms with van der Waals surface area (Å²) in [4.78, 5) is 10.2. The fourth-order valence-corrected chi connectivity index (χ4v) is 1.57. The average molecular weight is 254 g/mol. The third-order valence-corrected chi connectivity index (χ3v) is 2.61. The number of fused-ring (bicyclic) bond motifs is 1. The maximum absolute atomic E-state index is 11.3. The molecule has 0 heterocycles. The van der Waals surface area contributed by atoms with Gasteiger partial charge in [0, 0.05) is 5.69 Å². The first-order valence-electron chi connectivity index (χ1n) is 4.74. The first kappa shape index (κ1) is 11.2. The summed E-state index contributed by atoms with van der Waals surface area (Å²) in [5.41, 5.74) is 0.690.